The molecule has 1 fully saturated rings. The van der Waals surface area contributed by atoms with Crippen molar-refractivity contribution >= 4 is 5.91 Å². The fourth-order valence-electron chi connectivity index (χ4n) is 3.04. The second-order valence-corrected chi connectivity index (χ2v) is 6.03. The Bertz CT molecular complexity index is 525. The van der Waals surface area contributed by atoms with Crippen molar-refractivity contribution in [2.45, 2.75) is 26.2 Å². The first kappa shape index (κ1) is 17.6. The van der Waals surface area contributed by atoms with Crippen molar-refractivity contribution in [3.63, 3.8) is 0 Å². The van der Waals surface area contributed by atoms with Crippen LogP contribution in [0.1, 0.15) is 31.7 Å². The molecule has 1 aromatic rings. The molecule has 2 rings (SSSR count). The lowest BCUT2D eigenvalue weighted by Crippen LogP contribution is -2.48. The number of benzene rings is 1. The third-order valence-electron chi connectivity index (χ3n) is 4.62. The summed E-state index contributed by atoms with van der Waals surface area (Å²) in [5.41, 5.74) is 1.05. The van der Waals surface area contributed by atoms with Gasteiger partial charge in [-0.1, -0.05) is 19.9 Å². The standard InChI is InChI=1S/C18H28N2O3/c1-5-19-8-10-20(11-9-19)18(21)12-14(2)16-7-6-15(22-3)13-17(16)23-4/h6-7,13-14H,5,8-12H2,1-4H3. The van der Waals surface area contributed by atoms with Crippen molar-refractivity contribution in [1.82, 2.24) is 9.80 Å². The minimum Gasteiger partial charge on any atom is -0.497 e. The second-order valence-electron chi connectivity index (χ2n) is 6.03. The molecule has 0 radical (unpaired) electrons. The number of piperazine rings is 1. The van der Waals surface area contributed by atoms with Gasteiger partial charge in [0.05, 0.1) is 14.2 Å². The second kappa shape index (κ2) is 8.20. The topological polar surface area (TPSA) is 42.0 Å². The Morgan fingerprint density at radius 1 is 1.17 bits per heavy atom. The van der Waals surface area contributed by atoms with Gasteiger partial charge in [0.1, 0.15) is 11.5 Å². The molecule has 5 heteroatoms. The third kappa shape index (κ3) is 4.38. The Morgan fingerprint density at radius 3 is 2.43 bits per heavy atom. The molecule has 1 aliphatic heterocycles. The number of amides is 1. The van der Waals surface area contributed by atoms with Gasteiger partial charge >= 0.3 is 0 Å². The van der Waals surface area contributed by atoms with Crippen molar-refractivity contribution in [3.05, 3.63) is 23.8 Å². The van der Waals surface area contributed by atoms with E-state index >= 15 is 0 Å². The molecule has 1 aliphatic rings. The highest BCUT2D eigenvalue weighted by molar-refractivity contribution is 5.77. The molecule has 1 amide bonds. The van der Waals surface area contributed by atoms with E-state index in [0.29, 0.717) is 6.42 Å². The summed E-state index contributed by atoms with van der Waals surface area (Å²) in [5, 5.41) is 0. The third-order valence-corrected chi connectivity index (χ3v) is 4.62. The van der Waals surface area contributed by atoms with E-state index in [1.165, 1.54) is 0 Å². The van der Waals surface area contributed by atoms with Crippen molar-refractivity contribution in [1.29, 1.82) is 0 Å². The highest BCUT2D eigenvalue weighted by atomic mass is 16.5. The minimum absolute atomic E-state index is 0.118. The summed E-state index contributed by atoms with van der Waals surface area (Å²) in [6.07, 6.45) is 0.509. The van der Waals surface area contributed by atoms with Crippen LogP contribution < -0.4 is 9.47 Å². The molecule has 128 valence electrons. The van der Waals surface area contributed by atoms with Gasteiger partial charge in [0.15, 0.2) is 0 Å². The quantitative estimate of drug-likeness (QED) is 0.807. The molecule has 1 atom stereocenters. The fourth-order valence-corrected chi connectivity index (χ4v) is 3.04. The zero-order valence-electron chi connectivity index (χ0n) is 14.7. The monoisotopic (exact) mass is 320 g/mol. The van der Waals surface area contributed by atoms with E-state index in [1.54, 1.807) is 14.2 Å². The van der Waals surface area contributed by atoms with Crippen LogP contribution in [-0.4, -0.2) is 62.7 Å². The van der Waals surface area contributed by atoms with E-state index < -0.39 is 0 Å². The maximum absolute atomic E-state index is 12.5. The lowest BCUT2D eigenvalue weighted by atomic mass is 9.96. The maximum Gasteiger partial charge on any atom is 0.223 e. The number of hydrogen-bond acceptors (Lipinski definition) is 4. The van der Waals surface area contributed by atoms with Crippen LogP contribution in [0.3, 0.4) is 0 Å². The van der Waals surface area contributed by atoms with E-state index in [0.717, 1.165) is 49.8 Å². The van der Waals surface area contributed by atoms with E-state index in [1.807, 2.05) is 23.1 Å². The first-order valence-corrected chi connectivity index (χ1v) is 8.31. The Labute approximate surface area is 139 Å². The maximum atomic E-state index is 12.5. The number of carbonyl (C=O) groups is 1. The molecule has 0 saturated carbocycles. The van der Waals surface area contributed by atoms with Crippen LogP contribution in [0.4, 0.5) is 0 Å². The molecule has 0 bridgehead atoms. The van der Waals surface area contributed by atoms with Gasteiger partial charge in [0.25, 0.3) is 0 Å². The highest BCUT2D eigenvalue weighted by Crippen LogP contribution is 2.32. The molecule has 0 N–H and O–H groups in total. The van der Waals surface area contributed by atoms with Crippen molar-refractivity contribution < 1.29 is 14.3 Å². The Balaban J connectivity index is 1.98. The summed E-state index contributed by atoms with van der Waals surface area (Å²) >= 11 is 0. The van der Waals surface area contributed by atoms with Gasteiger partial charge in [-0.2, -0.15) is 0 Å². The molecule has 23 heavy (non-hydrogen) atoms. The lowest BCUT2D eigenvalue weighted by Gasteiger charge is -2.34. The Morgan fingerprint density at radius 2 is 1.87 bits per heavy atom. The van der Waals surface area contributed by atoms with Gasteiger partial charge in [-0.25, -0.2) is 0 Å². The number of nitrogens with zero attached hydrogens (tertiary/aromatic N) is 2. The molecule has 5 nitrogen and oxygen atoms in total. The zero-order chi connectivity index (χ0) is 16.8. The number of hydrogen-bond donors (Lipinski definition) is 0. The SMILES string of the molecule is CCN1CCN(C(=O)CC(C)c2ccc(OC)cc2OC)CC1. The van der Waals surface area contributed by atoms with E-state index in [4.69, 9.17) is 9.47 Å². The van der Waals surface area contributed by atoms with Crippen molar-refractivity contribution in [2.24, 2.45) is 0 Å². The Hall–Kier alpha value is -1.75. The normalized spacial score (nSPS) is 17.0. The van der Waals surface area contributed by atoms with Gasteiger partial charge in [0, 0.05) is 38.7 Å². The van der Waals surface area contributed by atoms with Crippen molar-refractivity contribution in [2.75, 3.05) is 46.9 Å². The molecule has 1 saturated heterocycles. The van der Waals surface area contributed by atoms with Crippen LogP contribution in [-0.2, 0) is 4.79 Å². The lowest BCUT2D eigenvalue weighted by molar-refractivity contribution is -0.133. The molecule has 1 heterocycles. The number of ether oxygens (including phenoxy) is 2. The number of rotatable bonds is 6. The predicted octanol–water partition coefficient (Wildman–Crippen LogP) is 2.36. The van der Waals surface area contributed by atoms with Crippen LogP contribution in [0.15, 0.2) is 18.2 Å². The van der Waals surface area contributed by atoms with Gasteiger partial charge in [-0.15, -0.1) is 0 Å². The zero-order valence-corrected chi connectivity index (χ0v) is 14.7. The predicted molar refractivity (Wildman–Crippen MR) is 91.3 cm³/mol. The molecule has 0 aromatic heterocycles. The molecule has 0 spiro atoms. The van der Waals surface area contributed by atoms with E-state index in [2.05, 4.69) is 18.7 Å². The molecular weight excluding hydrogens is 292 g/mol. The van der Waals surface area contributed by atoms with E-state index in [-0.39, 0.29) is 11.8 Å². The summed E-state index contributed by atoms with van der Waals surface area (Å²) in [5.74, 6) is 1.89. The smallest absolute Gasteiger partial charge is 0.223 e. The summed E-state index contributed by atoms with van der Waals surface area (Å²) < 4.78 is 10.7. The van der Waals surface area contributed by atoms with E-state index in [9.17, 15) is 4.79 Å². The Kier molecular flexibility index (Phi) is 6.28. The first-order valence-electron chi connectivity index (χ1n) is 8.31. The van der Waals surface area contributed by atoms with Gasteiger partial charge in [-0.3, -0.25) is 4.79 Å². The largest absolute Gasteiger partial charge is 0.497 e. The highest BCUT2D eigenvalue weighted by Gasteiger charge is 2.23. The van der Waals surface area contributed by atoms with Gasteiger partial charge in [-0.05, 0) is 24.1 Å². The minimum atomic E-state index is 0.118. The van der Waals surface area contributed by atoms with Crippen LogP contribution in [0.2, 0.25) is 0 Å². The molecule has 1 unspecified atom stereocenters. The summed E-state index contributed by atoms with van der Waals surface area (Å²) in [6.45, 7) is 8.91. The molecule has 1 aromatic carbocycles. The van der Waals surface area contributed by atoms with Crippen molar-refractivity contribution in [3.8, 4) is 11.5 Å². The summed E-state index contributed by atoms with van der Waals surface area (Å²) in [7, 11) is 3.29. The fraction of sp³-hybridized carbons (Fsp3) is 0.611. The summed E-state index contributed by atoms with van der Waals surface area (Å²) in [6, 6.07) is 5.78. The van der Waals surface area contributed by atoms with Crippen LogP contribution in [0, 0.1) is 0 Å². The van der Waals surface area contributed by atoms with Crippen LogP contribution in [0.25, 0.3) is 0 Å². The number of likely N-dealkylation sites (N-methyl/N-ethyl adjacent to an activating group) is 1. The van der Waals surface area contributed by atoms with Crippen LogP contribution >= 0.6 is 0 Å². The average molecular weight is 320 g/mol. The molecular formula is C18H28N2O3. The summed E-state index contributed by atoms with van der Waals surface area (Å²) in [4.78, 5) is 16.9. The van der Waals surface area contributed by atoms with Crippen LogP contribution in [0.5, 0.6) is 11.5 Å². The molecule has 0 aliphatic carbocycles. The number of methoxy groups -OCH3 is 2. The first-order chi connectivity index (χ1) is 11.1. The van der Waals surface area contributed by atoms with Gasteiger partial charge < -0.3 is 19.3 Å². The van der Waals surface area contributed by atoms with Gasteiger partial charge in [0.2, 0.25) is 5.91 Å². The average Bonchev–Trinajstić information content (AvgIpc) is 2.60. The number of carbonyl (C=O) groups excluding carboxylic acids is 1.